The lowest BCUT2D eigenvalue weighted by molar-refractivity contribution is 0.628. The molecule has 0 bridgehead atoms. The van der Waals surface area contributed by atoms with Crippen LogP contribution in [0.5, 0.6) is 0 Å². The van der Waals surface area contributed by atoms with E-state index in [2.05, 4.69) is 60.7 Å². The molecule has 0 aliphatic rings. The molecule has 0 N–H and O–H groups in total. The Kier molecular flexibility index (Phi) is 6.69. The zero-order valence-corrected chi connectivity index (χ0v) is 26.3. The van der Waals surface area contributed by atoms with Gasteiger partial charge in [-0.05, 0) is 71.3 Å². The van der Waals surface area contributed by atoms with Gasteiger partial charge in [0.15, 0.2) is 0 Å². The van der Waals surface area contributed by atoms with E-state index in [1.165, 1.54) is 18.2 Å². The molecule has 3 aromatic heterocycles. The minimum Gasteiger partial charge on any atom is -0.289 e. The molecular weight excluding hydrogens is 617 g/mol. The van der Waals surface area contributed by atoms with Crippen LogP contribution in [-0.4, -0.2) is 14.5 Å². The van der Waals surface area contributed by atoms with Gasteiger partial charge in [-0.2, -0.15) is 0 Å². The first-order chi connectivity index (χ1) is 23.6. The topological polar surface area (TPSA) is 30.7 Å². The van der Waals surface area contributed by atoms with Crippen molar-refractivity contribution < 1.29 is 8.78 Å². The van der Waals surface area contributed by atoms with E-state index in [1.807, 2.05) is 59.3 Å². The highest BCUT2D eigenvalue weighted by atomic mass is 32.1. The maximum Gasteiger partial charge on any atom is 0.149 e. The average Bonchev–Trinajstić information content (AvgIpc) is 3.72. The first-order valence-corrected chi connectivity index (χ1v) is 16.4. The monoisotopic (exact) mass is 641 g/mol. The molecular formula is C42H25F2N3S. The van der Waals surface area contributed by atoms with Gasteiger partial charge in [0.1, 0.15) is 23.0 Å². The number of hydrogen-bond acceptors (Lipinski definition) is 3. The number of para-hydroxylation sites is 1. The predicted octanol–water partition coefficient (Wildman–Crippen LogP) is 11.7. The molecule has 0 saturated carbocycles. The van der Waals surface area contributed by atoms with Gasteiger partial charge in [0.25, 0.3) is 0 Å². The van der Waals surface area contributed by atoms with Crippen LogP contribution >= 0.6 is 11.3 Å². The Labute approximate surface area is 279 Å². The Morgan fingerprint density at radius 2 is 1.29 bits per heavy atom. The van der Waals surface area contributed by atoms with Crippen LogP contribution in [0.25, 0.3) is 81.8 Å². The fourth-order valence-corrected chi connectivity index (χ4v) is 7.71. The van der Waals surface area contributed by atoms with Gasteiger partial charge >= 0.3 is 0 Å². The highest BCUT2D eigenvalue weighted by Crippen LogP contribution is 2.43. The zero-order chi connectivity index (χ0) is 32.2. The van der Waals surface area contributed by atoms with Crippen LogP contribution < -0.4 is 0 Å². The van der Waals surface area contributed by atoms with Crippen LogP contribution in [0.15, 0.2) is 152 Å². The third-order valence-electron chi connectivity index (χ3n) is 8.82. The number of pyridine rings is 1. The molecule has 48 heavy (non-hydrogen) atoms. The number of halogens is 2. The standard InChI is InChI=1S/C42H25F2N3S/c43-30-20-17-28(18-21-30)37-24-34-32-13-7-14-33(41(32)48-39(34)25-45-37)42-46-36-16-8-15-35(44)40(36)47(42)38-23-29(26-9-3-1-4-10-26)19-22-31(38)27-11-5-2-6-12-27/h1-25H. The summed E-state index contributed by atoms with van der Waals surface area (Å²) in [5, 5.41) is 2.11. The smallest absolute Gasteiger partial charge is 0.149 e. The molecule has 0 atom stereocenters. The van der Waals surface area contributed by atoms with Crippen LogP contribution in [0, 0.1) is 11.6 Å². The number of nitrogens with zero attached hydrogens (tertiary/aromatic N) is 3. The molecule has 0 amide bonds. The molecule has 0 fully saturated rings. The Bertz CT molecular complexity index is 2630. The van der Waals surface area contributed by atoms with Crippen LogP contribution in [0.1, 0.15) is 0 Å². The minimum absolute atomic E-state index is 0.283. The van der Waals surface area contributed by atoms with E-state index in [0.29, 0.717) is 16.9 Å². The summed E-state index contributed by atoms with van der Waals surface area (Å²) in [6, 6.07) is 46.5. The van der Waals surface area contributed by atoms with E-state index >= 15 is 4.39 Å². The summed E-state index contributed by atoms with van der Waals surface area (Å²) in [4.78, 5) is 9.85. The molecule has 0 aliphatic heterocycles. The van der Waals surface area contributed by atoms with Crippen molar-refractivity contribution in [1.82, 2.24) is 14.5 Å². The third kappa shape index (κ3) is 4.69. The SMILES string of the molecule is Fc1ccc(-c2cc3c(cn2)sc2c(-c4nc5cccc(F)c5n4-c4cc(-c5ccccc5)ccc4-c4ccccc4)cccc23)cc1. The van der Waals surface area contributed by atoms with Gasteiger partial charge in [0, 0.05) is 38.4 Å². The highest BCUT2D eigenvalue weighted by Gasteiger charge is 2.23. The number of benzene rings is 6. The van der Waals surface area contributed by atoms with Gasteiger partial charge in [-0.15, -0.1) is 11.3 Å². The Morgan fingerprint density at radius 3 is 2.08 bits per heavy atom. The van der Waals surface area contributed by atoms with Crippen LogP contribution in [-0.2, 0) is 0 Å². The maximum absolute atomic E-state index is 16.0. The quantitative estimate of drug-likeness (QED) is 0.187. The molecule has 3 heterocycles. The Balaban J connectivity index is 1.33. The van der Waals surface area contributed by atoms with E-state index in [1.54, 1.807) is 29.5 Å². The van der Waals surface area contributed by atoms with E-state index in [0.717, 1.165) is 64.9 Å². The van der Waals surface area contributed by atoms with Crippen molar-refractivity contribution in [2.24, 2.45) is 0 Å². The molecule has 9 aromatic rings. The van der Waals surface area contributed by atoms with Gasteiger partial charge in [-0.1, -0.05) is 91.0 Å². The molecule has 0 saturated heterocycles. The molecule has 0 unspecified atom stereocenters. The summed E-state index contributed by atoms with van der Waals surface area (Å²) in [6.45, 7) is 0. The third-order valence-corrected chi connectivity index (χ3v) is 10.0. The largest absolute Gasteiger partial charge is 0.289 e. The van der Waals surface area contributed by atoms with E-state index in [4.69, 9.17) is 9.97 Å². The van der Waals surface area contributed by atoms with E-state index < -0.39 is 0 Å². The molecule has 6 aromatic carbocycles. The summed E-state index contributed by atoms with van der Waals surface area (Å²) in [6.07, 6.45) is 1.88. The Morgan fingerprint density at radius 1 is 0.562 bits per heavy atom. The van der Waals surface area contributed by atoms with Gasteiger partial charge in [0.2, 0.25) is 0 Å². The summed E-state index contributed by atoms with van der Waals surface area (Å²) in [5.74, 6) is 0.0305. The molecule has 0 spiro atoms. The second-order valence-electron chi connectivity index (χ2n) is 11.7. The average molecular weight is 642 g/mol. The maximum atomic E-state index is 16.0. The summed E-state index contributed by atoms with van der Waals surface area (Å²) in [7, 11) is 0. The van der Waals surface area contributed by atoms with E-state index in [-0.39, 0.29) is 11.6 Å². The first-order valence-electron chi connectivity index (χ1n) is 15.6. The lowest BCUT2D eigenvalue weighted by atomic mass is 9.97. The fourth-order valence-electron chi connectivity index (χ4n) is 6.55. The second-order valence-corrected chi connectivity index (χ2v) is 12.8. The molecule has 6 heteroatoms. The van der Waals surface area contributed by atoms with Crippen molar-refractivity contribution in [2.75, 3.05) is 0 Å². The van der Waals surface area contributed by atoms with Crippen LogP contribution in [0.3, 0.4) is 0 Å². The van der Waals surface area contributed by atoms with Crippen molar-refractivity contribution in [3.05, 3.63) is 163 Å². The summed E-state index contributed by atoms with van der Waals surface area (Å²) in [5.41, 5.74) is 8.44. The number of hydrogen-bond donors (Lipinski definition) is 0. The molecule has 0 aliphatic carbocycles. The first kappa shape index (κ1) is 28.3. The van der Waals surface area contributed by atoms with Gasteiger partial charge in [0.05, 0.1) is 21.6 Å². The van der Waals surface area contributed by atoms with Crippen molar-refractivity contribution in [1.29, 1.82) is 0 Å². The highest BCUT2D eigenvalue weighted by molar-refractivity contribution is 7.26. The van der Waals surface area contributed by atoms with Crippen LogP contribution in [0.2, 0.25) is 0 Å². The summed E-state index contributed by atoms with van der Waals surface area (Å²) >= 11 is 1.64. The van der Waals surface area contributed by atoms with Crippen LogP contribution in [0.4, 0.5) is 8.78 Å². The summed E-state index contributed by atoms with van der Waals surface area (Å²) < 4.78 is 33.7. The number of fused-ring (bicyclic) bond motifs is 4. The van der Waals surface area contributed by atoms with Crippen molar-refractivity contribution in [3.63, 3.8) is 0 Å². The normalized spacial score (nSPS) is 11.5. The molecule has 0 radical (unpaired) electrons. The number of imidazole rings is 1. The lowest BCUT2D eigenvalue weighted by Gasteiger charge is -2.17. The molecule has 228 valence electrons. The van der Waals surface area contributed by atoms with Crippen molar-refractivity contribution in [3.8, 4) is 50.6 Å². The predicted molar refractivity (Wildman–Crippen MR) is 193 cm³/mol. The van der Waals surface area contributed by atoms with Gasteiger partial charge in [-0.3, -0.25) is 9.55 Å². The molecule has 3 nitrogen and oxygen atoms in total. The number of thiophene rings is 1. The van der Waals surface area contributed by atoms with Gasteiger partial charge < -0.3 is 0 Å². The minimum atomic E-state index is -0.341. The van der Waals surface area contributed by atoms with Gasteiger partial charge in [-0.25, -0.2) is 13.8 Å². The Hall–Kier alpha value is -5.98. The van der Waals surface area contributed by atoms with Crippen molar-refractivity contribution in [2.45, 2.75) is 0 Å². The second kappa shape index (κ2) is 11.4. The molecule has 9 rings (SSSR count). The van der Waals surface area contributed by atoms with E-state index in [9.17, 15) is 4.39 Å². The number of aromatic nitrogens is 3. The fraction of sp³-hybridized carbons (Fsp3) is 0. The number of rotatable bonds is 5. The lowest BCUT2D eigenvalue weighted by Crippen LogP contribution is -2.02. The van der Waals surface area contributed by atoms with Crippen molar-refractivity contribution >= 4 is 42.5 Å². The zero-order valence-electron chi connectivity index (χ0n) is 25.4.